The van der Waals surface area contributed by atoms with Crippen LogP contribution >= 0.6 is 0 Å². The van der Waals surface area contributed by atoms with Crippen LogP contribution in [0.3, 0.4) is 0 Å². The minimum atomic E-state index is -0.373. The number of rotatable bonds is 1. The molecule has 0 unspecified atom stereocenters. The van der Waals surface area contributed by atoms with E-state index in [0.29, 0.717) is 6.42 Å². The molecule has 0 saturated carbocycles. The Morgan fingerprint density at radius 3 is 3.00 bits per heavy atom. The van der Waals surface area contributed by atoms with Crippen molar-refractivity contribution in [3.8, 4) is 0 Å². The molecule has 0 spiro atoms. The minimum Gasteiger partial charge on any atom is -0.469 e. The Labute approximate surface area is 88.2 Å². The van der Waals surface area contributed by atoms with E-state index in [2.05, 4.69) is 0 Å². The normalized spacial score (nSPS) is 38.4. The molecule has 4 nitrogen and oxygen atoms in total. The summed E-state index contributed by atoms with van der Waals surface area (Å²) in [6.45, 7) is 1.85. The summed E-state index contributed by atoms with van der Waals surface area (Å²) in [4.78, 5) is 23.1. The van der Waals surface area contributed by atoms with Gasteiger partial charge in [-0.05, 0) is 13.3 Å². The third-order valence-corrected chi connectivity index (χ3v) is 3.22. The summed E-state index contributed by atoms with van der Waals surface area (Å²) in [5.41, 5.74) is 0. The van der Waals surface area contributed by atoms with Crippen LogP contribution in [0.25, 0.3) is 0 Å². The van der Waals surface area contributed by atoms with Crippen LogP contribution in [-0.2, 0) is 19.1 Å². The number of esters is 2. The molecular formula is C11H14O4. The van der Waals surface area contributed by atoms with Gasteiger partial charge in [0.05, 0.1) is 18.9 Å². The van der Waals surface area contributed by atoms with Gasteiger partial charge in [0.25, 0.3) is 0 Å². The molecule has 0 amide bonds. The number of hydrogen-bond donors (Lipinski definition) is 0. The number of hydrogen-bond acceptors (Lipinski definition) is 4. The highest BCUT2D eigenvalue weighted by atomic mass is 16.6. The molecule has 0 bridgehead atoms. The number of ether oxygens (including phenoxy) is 2. The minimum absolute atomic E-state index is 0.0235. The third-order valence-electron chi connectivity index (χ3n) is 3.22. The second kappa shape index (κ2) is 3.68. The maximum absolute atomic E-state index is 11.6. The van der Waals surface area contributed by atoms with E-state index in [0.717, 1.165) is 0 Å². The first-order chi connectivity index (χ1) is 7.15. The molecule has 82 valence electrons. The van der Waals surface area contributed by atoms with Crippen molar-refractivity contribution < 1.29 is 19.1 Å². The van der Waals surface area contributed by atoms with Crippen molar-refractivity contribution in [1.82, 2.24) is 0 Å². The third kappa shape index (κ3) is 1.54. The highest BCUT2D eigenvalue weighted by Crippen LogP contribution is 2.40. The van der Waals surface area contributed by atoms with E-state index in [1.54, 1.807) is 0 Å². The molecule has 0 aromatic carbocycles. The second-order valence-electron chi connectivity index (χ2n) is 4.04. The molecule has 0 aromatic rings. The average molecular weight is 210 g/mol. The lowest BCUT2D eigenvalue weighted by atomic mass is 9.75. The summed E-state index contributed by atoms with van der Waals surface area (Å²) < 4.78 is 9.84. The summed E-state index contributed by atoms with van der Waals surface area (Å²) in [5, 5.41) is 0. The quantitative estimate of drug-likeness (QED) is 0.477. The molecule has 1 heterocycles. The Hall–Kier alpha value is -1.32. The molecule has 15 heavy (non-hydrogen) atoms. The number of carbonyl (C=O) groups is 2. The molecule has 1 saturated heterocycles. The zero-order chi connectivity index (χ0) is 11.0. The fraction of sp³-hybridized carbons (Fsp3) is 0.636. The second-order valence-corrected chi connectivity index (χ2v) is 4.04. The number of carbonyl (C=O) groups excluding carboxylic acids is 2. The first kappa shape index (κ1) is 10.2. The van der Waals surface area contributed by atoms with Crippen molar-refractivity contribution in [3.63, 3.8) is 0 Å². The largest absolute Gasteiger partial charge is 0.469 e. The maximum Gasteiger partial charge on any atom is 0.310 e. The van der Waals surface area contributed by atoms with Gasteiger partial charge in [-0.15, -0.1) is 0 Å². The zero-order valence-corrected chi connectivity index (χ0v) is 8.80. The number of fused-ring (bicyclic) bond motifs is 1. The topological polar surface area (TPSA) is 52.6 Å². The highest BCUT2D eigenvalue weighted by Gasteiger charge is 2.49. The lowest BCUT2D eigenvalue weighted by Gasteiger charge is -2.25. The van der Waals surface area contributed by atoms with Gasteiger partial charge in [0, 0.05) is 5.92 Å². The van der Waals surface area contributed by atoms with Crippen LogP contribution in [0, 0.1) is 17.8 Å². The SMILES string of the molecule is COC(=O)[C@@H]1CC=C[C@H]2[C@H]1C(=O)O[C@H]2C. The average Bonchev–Trinajstić information content (AvgIpc) is 2.54. The predicted molar refractivity (Wildman–Crippen MR) is 51.8 cm³/mol. The van der Waals surface area contributed by atoms with Gasteiger partial charge >= 0.3 is 11.9 Å². The Morgan fingerprint density at radius 1 is 1.60 bits per heavy atom. The molecule has 1 fully saturated rings. The molecule has 0 N–H and O–H groups in total. The van der Waals surface area contributed by atoms with Gasteiger partial charge in [-0.3, -0.25) is 9.59 Å². The van der Waals surface area contributed by atoms with E-state index < -0.39 is 0 Å². The van der Waals surface area contributed by atoms with E-state index >= 15 is 0 Å². The molecule has 1 aliphatic heterocycles. The summed E-state index contributed by atoms with van der Waals surface area (Å²) in [6, 6.07) is 0. The molecular weight excluding hydrogens is 196 g/mol. The number of cyclic esters (lactones) is 1. The van der Waals surface area contributed by atoms with Crippen molar-refractivity contribution in [2.24, 2.45) is 17.8 Å². The van der Waals surface area contributed by atoms with Crippen LogP contribution < -0.4 is 0 Å². The lowest BCUT2D eigenvalue weighted by Crippen LogP contribution is -2.34. The molecule has 2 aliphatic rings. The van der Waals surface area contributed by atoms with E-state index in [9.17, 15) is 9.59 Å². The number of allylic oxidation sites excluding steroid dienone is 1. The summed E-state index contributed by atoms with van der Waals surface area (Å²) >= 11 is 0. The molecule has 1 aliphatic carbocycles. The molecule has 4 atom stereocenters. The summed E-state index contributed by atoms with van der Waals surface area (Å²) in [5.74, 6) is -1.29. The first-order valence-corrected chi connectivity index (χ1v) is 5.10. The van der Waals surface area contributed by atoms with Gasteiger partial charge in [-0.1, -0.05) is 12.2 Å². The zero-order valence-electron chi connectivity index (χ0n) is 8.80. The van der Waals surface area contributed by atoms with Crippen LogP contribution in [0.15, 0.2) is 12.2 Å². The van der Waals surface area contributed by atoms with E-state index in [4.69, 9.17) is 9.47 Å². The molecule has 0 radical (unpaired) electrons. The Bertz CT molecular complexity index is 321. The fourth-order valence-corrected chi connectivity index (χ4v) is 2.42. The van der Waals surface area contributed by atoms with Crippen molar-refractivity contribution in [3.05, 3.63) is 12.2 Å². The van der Waals surface area contributed by atoms with Crippen LogP contribution in [0.4, 0.5) is 0 Å². The van der Waals surface area contributed by atoms with Crippen molar-refractivity contribution in [2.75, 3.05) is 7.11 Å². The fourth-order valence-electron chi connectivity index (χ4n) is 2.42. The smallest absolute Gasteiger partial charge is 0.310 e. The highest BCUT2D eigenvalue weighted by molar-refractivity contribution is 5.84. The van der Waals surface area contributed by atoms with Crippen molar-refractivity contribution >= 4 is 11.9 Å². The van der Waals surface area contributed by atoms with Crippen LogP contribution in [0.1, 0.15) is 13.3 Å². The van der Waals surface area contributed by atoms with Crippen molar-refractivity contribution in [1.29, 1.82) is 0 Å². The van der Waals surface area contributed by atoms with Crippen LogP contribution in [0.5, 0.6) is 0 Å². The van der Waals surface area contributed by atoms with E-state index in [1.165, 1.54) is 7.11 Å². The monoisotopic (exact) mass is 210 g/mol. The van der Waals surface area contributed by atoms with Gasteiger partial charge in [0.15, 0.2) is 0 Å². The van der Waals surface area contributed by atoms with Gasteiger partial charge in [-0.25, -0.2) is 0 Å². The lowest BCUT2D eigenvalue weighted by molar-refractivity contribution is -0.154. The standard InChI is InChI=1S/C11H14O4/c1-6-7-4-3-5-8(10(12)14-2)9(7)11(13)15-6/h3-4,6-9H,5H2,1-2H3/t6-,7+,8+,9+/m0/s1. The van der Waals surface area contributed by atoms with Gasteiger partial charge in [-0.2, -0.15) is 0 Å². The maximum atomic E-state index is 11.6. The Kier molecular flexibility index (Phi) is 2.50. The molecule has 4 heteroatoms. The predicted octanol–water partition coefficient (Wildman–Crippen LogP) is 0.913. The first-order valence-electron chi connectivity index (χ1n) is 5.10. The van der Waals surface area contributed by atoms with Crippen molar-refractivity contribution in [2.45, 2.75) is 19.4 Å². The van der Waals surface area contributed by atoms with Gasteiger partial charge < -0.3 is 9.47 Å². The molecule has 2 rings (SSSR count). The van der Waals surface area contributed by atoms with E-state index in [1.807, 2.05) is 19.1 Å². The van der Waals surface area contributed by atoms with Gasteiger partial charge in [0.2, 0.25) is 0 Å². The van der Waals surface area contributed by atoms with Gasteiger partial charge in [0.1, 0.15) is 6.10 Å². The Morgan fingerprint density at radius 2 is 2.33 bits per heavy atom. The van der Waals surface area contributed by atoms with Crippen LogP contribution in [0.2, 0.25) is 0 Å². The molecule has 0 aromatic heterocycles. The number of methoxy groups -OCH3 is 1. The Balaban J connectivity index is 2.26. The summed E-state index contributed by atoms with van der Waals surface area (Å²) in [7, 11) is 1.35. The van der Waals surface area contributed by atoms with E-state index in [-0.39, 0.29) is 35.8 Å². The summed E-state index contributed by atoms with van der Waals surface area (Å²) in [6.07, 6.45) is 4.34. The van der Waals surface area contributed by atoms with Crippen LogP contribution in [-0.4, -0.2) is 25.2 Å².